The van der Waals surface area contributed by atoms with E-state index in [2.05, 4.69) is 5.32 Å². The second kappa shape index (κ2) is 6.61. The van der Waals surface area contributed by atoms with Gasteiger partial charge in [0.2, 0.25) is 5.91 Å². The number of rotatable bonds is 2. The van der Waals surface area contributed by atoms with Crippen LogP contribution in [-0.2, 0) is 11.2 Å². The molecular formula is C18H25NO2. The Labute approximate surface area is 126 Å². The number of aliphatic hydroxyl groups is 1. The summed E-state index contributed by atoms with van der Waals surface area (Å²) in [7, 11) is 0. The minimum atomic E-state index is -0.486. The zero-order valence-electron chi connectivity index (χ0n) is 12.6. The molecule has 3 rings (SSSR count). The standard InChI is InChI=1S/C18H25NO2/c20-16-12-14-10-6-7-11-15(14)17(16)19-18(21)13-8-4-2-1-3-5-9-13/h6-7,10-11,13,16-17,20H,1-5,8-9,12H2,(H,19,21). The van der Waals surface area contributed by atoms with Crippen molar-refractivity contribution in [1.29, 1.82) is 0 Å². The lowest BCUT2D eigenvalue weighted by atomic mass is 9.90. The van der Waals surface area contributed by atoms with E-state index in [1.165, 1.54) is 19.3 Å². The molecule has 2 atom stereocenters. The Bertz CT molecular complexity index is 492. The summed E-state index contributed by atoms with van der Waals surface area (Å²) in [6.07, 6.45) is 8.27. The van der Waals surface area contributed by atoms with Gasteiger partial charge < -0.3 is 10.4 Å². The highest BCUT2D eigenvalue weighted by molar-refractivity contribution is 5.79. The highest BCUT2D eigenvalue weighted by Crippen LogP contribution is 2.32. The average molecular weight is 287 g/mol. The first-order valence-electron chi connectivity index (χ1n) is 8.32. The SMILES string of the molecule is O=C(NC1c2ccccc2CC1O)C1CCCCCCC1. The molecule has 2 aliphatic rings. The Morgan fingerprint density at radius 3 is 2.48 bits per heavy atom. The van der Waals surface area contributed by atoms with Crippen molar-refractivity contribution in [2.45, 2.75) is 63.5 Å². The van der Waals surface area contributed by atoms with Crippen molar-refractivity contribution in [2.75, 3.05) is 0 Å². The number of hydrogen-bond acceptors (Lipinski definition) is 2. The lowest BCUT2D eigenvalue weighted by Crippen LogP contribution is -2.38. The van der Waals surface area contributed by atoms with Crippen molar-refractivity contribution >= 4 is 5.91 Å². The van der Waals surface area contributed by atoms with E-state index < -0.39 is 6.10 Å². The summed E-state index contributed by atoms with van der Waals surface area (Å²) in [5.74, 6) is 0.267. The lowest BCUT2D eigenvalue weighted by Gasteiger charge is -2.23. The molecule has 114 valence electrons. The molecule has 1 fully saturated rings. The van der Waals surface area contributed by atoms with Crippen LogP contribution in [0.15, 0.2) is 24.3 Å². The molecule has 2 aliphatic carbocycles. The van der Waals surface area contributed by atoms with E-state index in [1.807, 2.05) is 24.3 Å². The Morgan fingerprint density at radius 1 is 1.05 bits per heavy atom. The van der Waals surface area contributed by atoms with Crippen molar-refractivity contribution in [1.82, 2.24) is 5.32 Å². The first-order chi connectivity index (χ1) is 10.3. The van der Waals surface area contributed by atoms with Crippen LogP contribution in [0.2, 0.25) is 0 Å². The van der Waals surface area contributed by atoms with Crippen LogP contribution in [0.5, 0.6) is 0 Å². The molecular weight excluding hydrogens is 262 g/mol. The third kappa shape index (κ3) is 3.29. The second-order valence-corrected chi connectivity index (χ2v) is 6.50. The summed E-state index contributed by atoms with van der Waals surface area (Å²) in [4.78, 5) is 12.6. The maximum atomic E-state index is 12.6. The van der Waals surface area contributed by atoms with E-state index in [0.717, 1.165) is 36.8 Å². The van der Waals surface area contributed by atoms with E-state index in [0.29, 0.717) is 6.42 Å². The van der Waals surface area contributed by atoms with E-state index in [4.69, 9.17) is 0 Å². The zero-order chi connectivity index (χ0) is 14.7. The van der Waals surface area contributed by atoms with Crippen molar-refractivity contribution in [3.05, 3.63) is 35.4 Å². The van der Waals surface area contributed by atoms with Gasteiger partial charge in [-0.1, -0.05) is 56.4 Å². The number of aliphatic hydroxyl groups excluding tert-OH is 1. The predicted octanol–water partition coefficient (Wildman–Crippen LogP) is 3.12. The summed E-state index contributed by atoms with van der Waals surface area (Å²) < 4.78 is 0. The molecule has 1 aromatic rings. The maximum Gasteiger partial charge on any atom is 0.223 e. The van der Waals surface area contributed by atoms with Crippen LogP contribution in [0, 0.1) is 5.92 Å². The molecule has 21 heavy (non-hydrogen) atoms. The van der Waals surface area contributed by atoms with Crippen LogP contribution in [-0.4, -0.2) is 17.1 Å². The fourth-order valence-electron chi connectivity index (χ4n) is 3.74. The van der Waals surface area contributed by atoms with Crippen molar-refractivity contribution in [3.63, 3.8) is 0 Å². The molecule has 0 aromatic heterocycles. The molecule has 2 N–H and O–H groups in total. The van der Waals surface area contributed by atoms with E-state index in [1.54, 1.807) is 0 Å². The maximum absolute atomic E-state index is 12.6. The normalized spacial score (nSPS) is 26.7. The van der Waals surface area contributed by atoms with Gasteiger partial charge in [-0.2, -0.15) is 0 Å². The van der Waals surface area contributed by atoms with Gasteiger partial charge in [0.05, 0.1) is 12.1 Å². The molecule has 0 aliphatic heterocycles. The van der Waals surface area contributed by atoms with Gasteiger partial charge in [0, 0.05) is 12.3 Å². The summed E-state index contributed by atoms with van der Waals surface area (Å²) in [5, 5.41) is 13.4. The van der Waals surface area contributed by atoms with Crippen LogP contribution < -0.4 is 5.32 Å². The first-order valence-corrected chi connectivity index (χ1v) is 8.32. The van der Waals surface area contributed by atoms with E-state index >= 15 is 0 Å². The minimum Gasteiger partial charge on any atom is -0.390 e. The lowest BCUT2D eigenvalue weighted by molar-refractivity contribution is -0.127. The predicted molar refractivity (Wildman–Crippen MR) is 82.8 cm³/mol. The molecule has 0 saturated heterocycles. The van der Waals surface area contributed by atoms with E-state index in [9.17, 15) is 9.90 Å². The van der Waals surface area contributed by atoms with E-state index in [-0.39, 0.29) is 17.9 Å². The number of carbonyl (C=O) groups is 1. The minimum absolute atomic E-state index is 0.130. The molecule has 2 unspecified atom stereocenters. The van der Waals surface area contributed by atoms with Crippen LogP contribution in [0.25, 0.3) is 0 Å². The molecule has 1 amide bonds. The summed E-state index contributed by atoms with van der Waals surface area (Å²) in [6.45, 7) is 0. The Balaban J connectivity index is 1.66. The molecule has 0 bridgehead atoms. The largest absolute Gasteiger partial charge is 0.390 e. The fourth-order valence-corrected chi connectivity index (χ4v) is 3.74. The molecule has 0 spiro atoms. The Hall–Kier alpha value is -1.35. The summed E-state index contributed by atoms with van der Waals surface area (Å²) in [5.41, 5.74) is 2.25. The summed E-state index contributed by atoms with van der Waals surface area (Å²) >= 11 is 0. The molecule has 3 heteroatoms. The van der Waals surface area contributed by atoms with Crippen LogP contribution in [0.3, 0.4) is 0 Å². The Kier molecular flexibility index (Phi) is 4.59. The number of fused-ring (bicyclic) bond motifs is 1. The smallest absolute Gasteiger partial charge is 0.223 e. The summed E-state index contributed by atoms with van der Waals surface area (Å²) in [6, 6.07) is 7.81. The van der Waals surface area contributed by atoms with Gasteiger partial charge in [-0.05, 0) is 24.0 Å². The van der Waals surface area contributed by atoms with Gasteiger partial charge in [-0.25, -0.2) is 0 Å². The molecule has 0 heterocycles. The third-order valence-corrected chi connectivity index (χ3v) is 4.98. The van der Waals surface area contributed by atoms with Crippen LogP contribution in [0.4, 0.5) is 0 Å². The monoisotopic (exact) mass is 287 g/mol. The second-order valence-electron chi connectivity index (χ2n) is 6.50. The van der Waals surface area contributed by atoms with Crippen molar-refractivity contribution in [3.8, 4) is 0 Å². The van der Waals surface area contributed by atoms with Crippen LogP contribution in [0.1, 0.15) is 62.1 Å². The number of nitrogens with one attached hydrogen (secondary N) is 1. The topological polar surface area (TPSA) is 49.3 Å². The van der Waals surface area contributed by atoms with Gasteiger partial charge in [-0.3, -0.25) is 4.79 Å². The van der Waals surface area contributed by atoms with Gasteiger partial charge in [0.15, 0.2) is 0 Å². The first kappa shape index (κ1) is 14.6. The number of carbonyl (C=O) groups excluding carboxylic acids is 1. The average Bonchev–Trinajstić information content (AvgIpc) is 2.75. The third-order valence-electron chi connectivity index (χ3n) is 4.98. The zero-order valence-corrected chi connectivity index (χ0v) is 12.6. The fraction of sp³-hybridized carbons (Fsp3) is 0.611. The Morgan fingerprint density at radius 2 is 1.71 bits per heavy atom. The van der Waals surface area contributed by atoms with Crippen LogP contribution >= 0.6 is 0 Å². The molecule has 3 nitrogen and oxygen atoms in total. The molecule has 1 saturated carbocycles. The molecule has 1 aromatic carbocycles. The van der Waals surface area contributed by atoms with Gasteiger partial charge in [0.1, 0.15) is 0 Å². The highest BCUT2D eigenvalue weighted by atomic mass is 16.3. The number of amides is 1. The van der Waals surface area contributed by atoms with Gasteiger partial charge in [-0.15, -0.1) is 0 Å². The van der Waals surface area contributed by atoms with Gasteiger partial charge >= 0.3 is 0 Å². The molecule has 0 radical (unpaired) electrons. The van der Waals surface area contributed by atoms with Crippen molar-refractivity contribution < 1.29 is 9.90 Å². The highest BCUT2D eigenvalue weighted by Gasteiger charge is 2.33. The number of benzene rings is 1. The number of hydrogen-bond donors (Lipinski definition) is 2. The quantitative estimate of drug-likeness (QED) is 0.878. The van der Waals surface area contributed by atoms with Crippen molar-refractivity contribution in [2.24, 2.45) is 5.92 Å². The van der Waals surface area contributed by atoms with Gasteiger partial charge in [0.25, 0.3) is 0 Å².